The molecule has 0 aliphatic carbocycles. The summed E-state index contributed by atoms with van der Waals surface area (Å²) in [6.07, 6.45) is -1.93. The first-order chi connectivity index (χ1) is 9.88. The zero-order valence-corrected chi connectivity index (χ0v) is 12.2. The third-order valence-corrected chi connectivity index (χ3v) is 3.45. The van der Waals surface area contributed by atoms with Crippen LogP contribution in [0, 0.1) is 0 Å². The summed E-state index contributed by atoms with van der Waals surface area (Å²) in [5, 5.41) is 7.29. The van der Waals surface area contributed by atoms with E-state index in [9.17, 15) is 13.2 Å². The van der Waals surface area contributed by atoms with Gasteiger partial charge in [-0.2, -0.15) is 18.3 Å². The number of hydrogen-bond acceptors (Lipinski definition) is 2. The van der Waals surface area contributed by atoms with E-state index in [1.165, 1.54) is 12.1 Å². The molecule has 1 aromatic heterocycles. The molecule has 1 unspecified atom stereocenters. The second-order valence-electron chi connectivity index (χ2n) is 4.87. The van der Waals surface area contributed by atoms with Crippen molar-refractivity contribution in [3.8, 4) is 0 Å². The van der Waals surface area contributed by atoms with Gasteiger partial charge in [-0.3, -0.25) is 4.68 Å². The Labute approximate surface area is 121 Å². The van der Waals surface area contributed by atoms with Crippen LogP contribution in [0.15, 0.2) is 30.5 Å². The maximum Gasteiger partial charge on any atom is 0.416 e. The van der Waals surface area contributed by atoms with Gasteiger partial charge in [-0.25, -0.2) is 0 Å². The van der Waals surface area contributed by atoms with E-state index in [4.69, 9.17) is 0 Å². The molecule has 0 saturated heterocycles. The van der Waals surface area contributed by atoms with Crippen molar-refractivity contribution in [1.82, 2.24) is 15.1 Å². The Hall–Kier alpha value is -1.82. The van der Waals surface area contributed by atoms with E-state index in [-0.39, 0.29) is 5.56 Å². The fourth-order valence-corrected chi connectivity index (χ4v) is 2.55. The van der Waals surface area contributed by atoms with Crippen molar-refractivity contribution < 1.29 is 13.2 Å². The monoisotopic (exact) mass is 297 g/mol. The molecule has 1 atom stereocenters. The summed E-state index contributed by atoms with van der Waals surface area (Å²) in [5.41, 5.74) is 1.18. The van der Waals surface area contributed by atoms with E-state index in [1.54, 1.807) is 31.0 Å². The van der Waals surface area contributed by atoms with E-state index in [1.807, 2.05) is 6.92 Å². The summed E-state index contributed by atoms with van der Waals surface area (Å²) in [4.78, 5) is 0. The number of nitrogens with one attached hydrogen (secondary N) is 1. The largest absolute Gasteiger partial charge is 0.416 e. The van der Waals surface area contributed by atoms with E-state index in [0.717, 1.165) is 17.3 Å². The van der Waals surface area contributed by atoms with Gasteiger partial charge in [0.25, 0.3) is 0 Å². The van der Waals surface area contributed by atoms with Crippen molar-refractivity contribution in [2.24, 2.45) is 7.05 Å². The summed E-state index contributed by atoms with van der Waals surface area (Å²) in [5.74, 6) is 0. The fraction of sp³-hybridized carbons (Fsp3) is 0.400. The lowest BCUT2D eigenvalue weighted by molar-refractivity contribution is -0.138. The van der Waals surface area contributed by atoms with E-state index in [0.29, 0.717) is 6.42 Å². The first-order valence-electron chi connectivity index (χ1n) is 6.74. The second kappa shape index (κ2) is 5.89. The topological polar surface area (TPSA) is 29.9 Å². The highest BCUT2D eigenvalue weighted by Gasteiger charge is 2.35. The van der Waals surface area contributed by atoms with Gasteiger partial charge in [0.15, 0.2) is 0 Å². The summed E-state index contributed by atoms with van der Waals surface area (Å²) in [6, 6.07) is 5.12. The summed E-state index contributed by atoms with van der Waals surface area (Å²) in [7, 11) is 3.43. The van der Waals surface area contributed by atoms with Gasteiger partial charge < -0.3 is 5.32 Å². The molecule has 0 radical (unpaired) electrons. The molecule has 1 N–H and O–H groups in total. The Bertz CT molecular complexity index is 617. The van der Waals surface area contributed by atoms with Crippen LogP contribution in [-0.2, 0) is 19.6 Å². The molecule has 0 saturated carbocycles. The standard InChI is InChI=1S/C15H18F3N3/c1-4-13-11(9-21(3)20-13)14(19-2)10-7-5-6-8-12(10)15(16,17)18/h5-9,14,19H,4H2,1-3H3. The number of hydrogen-bond donors (Lipinski definition) is 1. The van der Waals surface area contributed by atoms with Crippen LogP contribution in [0.2, 0.25) is 0 Å². The first kappa shape index (κ1) is 15.6. The third kappa shape index (κ3) is 3.10. The quantitative estimate of drug-likeness (QED) is 0.938. The van der Waals surface area contributed by atoms with Crippen molar-refractivity contribution in [3.63, 3.8) is 0 Å². The van der Waals surface area contributed by atoms with Crippen LogP contribution < -0.4 is 5.32 Å². The van der Waals surface area contributed by atoms with Crippen LogP contribution in [0.1, 0.15) is 35.3 Å². The Morgan fingerprint density at radius 1 is 1.24 bits per heavy atom. The molecule has 114 valence electrons. The van der Waals surface area contributed by atoms with Crippen molar-refractivity contribution in [2.75, 3.05) is 7.05 Å². The molecule has 0 aliphatic heterocycles. The molecule has 0 bridgehead atoms. The molecule has 2 rings (SSSR count). The minimum Gasteiger partial charge on any atom is -0.309 e. The average Bonchev–Trinajstić information content (AvgIpc) is 2.80. The zero-order chi connectivity index (χ0) is 15.6. The number of aromatic nitrogens is 2. The van der Waals surface area contributed by atoms with Crippen LogP contribution >= 0.6 is 0 Å². The van der Waals surface area contributed by atoms with Crippen molar-refractivity contribution >= 4 is 0 Å². The molecule has 0 aliphatic rings. The number of nitrogens with zero attached hydrogens (tertiary/aromatic N) is 2. The van der Waals surface area contributed by atoms with Gasteiger partial charge in [0, 0.05) is 18.8 Å². The highest BCUT2D eigenvalue weighted by atomic mass is 19.4. The van der Waals surface area contributed by atoms with Crippen LogP contribution in [0.5, 0.6) is 0 Å². The van der Waals surface area contributed by atoms with Crippen LogP contribution in [-0.4, -0.2) is 16.8 Å². The molecule has 2 aromatic rings. The Kier molecular flexibility index (Phi) is 4.37. The van der Waals surface area contributed by atoms with Gasteiger partial charge in [0.1, 0.15) is 0 Å². The number of benzene rings is 1. The predicted molar refractivity (Wildman–Crippen MR) is 74.9 cm³/mol. The van der Waals surface area contributed by atoms with E-state index >= 15 is 0 Å². The molecule has 21 heavy (non-hydrogen) atoms. The summed E-state index contributed by atoms with van der Waals surface area (Å²) in [6.45, 7) is 1.94. The van der Waals surface area contributed by atoms with Crippen molar-refractivity contribution in [2.45, 2.75) is 25.6 Å². The normalized spacial score (nSPS) is 13.4. The van der Waals surface area contributed by atoms with Gasteiger partial charge in [-0.1, -0.05) is 25.1 Å². The maximum atomic E-state index is 13.2. The Balaban J connectivity index is 2.57. The molecule has 0 fully saturated rings. The van der Waals surface area contributed by atoms with Gasteiger partial charge in [-0.15, -0.1) is 0 Å². The number of rotatable bonds is 4. The lowest BCUT2D eigenvalue weighted by Crippen LogP contribution is -2.22. The van der Waals surface area contributed by atoms with Gasteiger partial charge >= 0.3 is 6.18 Å². The maximum absolute atomic E-state index is 13.2. The second-order valence-corrected chi connectivity index (χ2v) is 4.87. The third-order valence-electron chi connectivity index (χ3n) is 3.45. The number of halogens is 3. The van der Waals surface area contributed by atoms with Crippen molar-refractivity contribution in [1.29, 1.82) is 0 Å². The summed E-state index contributed by atoms with van der Waals surface area (Å²) < 4.78 is 41.2. The van der Waals surface area contributed by atoms with Gasteiger partial charge in [0.05, 0.1) is 17.3 Å². The molecule has 1 heterocycles. The number of alkyl halides is 3. The predicted octanol–water partition coefficient (Wildman–Crippen LogP) is 3.31. The molecule has 0 spiro atoms. The molecule has 3 nitrogen and oxygen atoms in total. The molecular formula is C15H18F3N3. The smallest absolute Gasteiger partial charge is 0.309 e. The Morgan fingerprint density at radius 2 is 1.90 bits per heavy atom. The first-order valence-corrected chi connectivity index (χ1v) is 6.74. The van der Waals surface area contributed by atoms with E-state index < -0.39 is 17.8 Å². The molecule has 1 aromatic carbocycles. The van der Waals surface area contributed by atoms with Crippen LogP contribution in [0.25, 0.3) is 0 Å². The highest BCUT2D eigenvalue weighted by Crippen LogP contribution is 2.36. The summed E-state index contributed by atoms with van der Waals surface area (Å²) >= 11 is 0. The van der Waals surface area contributed by atoms with Crippen LogP contribution in [0.3, 0.4) is 0 Å². The molecular weight excluding hydrogens is 279 g/mol. The number of aryl methyl sites for hydroxylation is 2. The minimum absolute atomic E-state index is 0.218. The lowest BCUT2D eigenvalue weighted by Gasteiger charge is -2.21. The lowest BCUT2D eigenvalue weighted by atomic mass is 9.94. The fourth-order valence-electron chi connectivity index (χ4n) is 2.55. The molecule has 6 heteroatoms. The average molecular weight is 297 g/mol. The SMILES string of the molecule is CCc1nn(C)cc1C(NC)c1ccccc1C(F)(F)F. The minimum atomic E-state index is -4.37. The highest BCUT2D eigenvalue weighted by molar-refractivity contribution is 5.39. The van der Waals surface area contributed by atoms with Crippen molar-refractivity contribution in [3.05, 3.63) is 52.8 Å². The van der Waals surface area contributed by atoms with E-state index in [2.05, 4.69) is 10.4 Å². The van der Waals surface area contributed by atoms with Crippen LogP contribution in [0.4, 0.5) is 13.2 Å². The molecule has 0 amide bonds. The van der Waals surface area contributed by atoms with Gasteiger partial charge in [0.2, 0.25) is 0 Å². The zero-order valence-electron chi connectivity index (χ0n) is 12.2. The Morgan fingerprint density at radius 3 is 2.48 bits per heavy atom. The van der Waals surface area contributed by atoms with Gasteiger partial charge in [-0.05, 0) is 25.1 Å².